The van der Waals surface area contributed by atoms with Crippen LogP contribution in [0, 0.1) is 5.92 Å². The Hall–Kier alpha value is -0.610. The number of rotatable bonds is 3. The molecule has 4 nitrogen and oxygen atoms in total. The van der Waals surface area contributed by atoms with Gasteiger partial charge in [0.25, 0.3) is 0 Å². The highest BCUT2D eigenvalue weighted by molar-refractivity contribution is 5.78. The SMILES string of the molecule is CC1CCCC(N(C)CC(=O)N2CCNCC2)C1. The van der Waals surface area contributed by atoms with Crippen molar-refractivity contribution in [3.8, 4) is 0 Å². The van der Waals surface area contributed by atoms with Crippen LogP contribution in [-0.2, 0) is 4.79 Å². The Bertz CT molecular complexity index is 276. The first-order valence-electron chi connectivity index (χ1n) is 7.35. The van der Waals surface area contributed by atoms with Crippen LogP contribution in [0.25, 0.3) is 0 Å². The molecule has 2 unspecified atom stereocenters. The summed E-state index contributed by atoms with van der Waals surface area (Å²) in [6, 6.07) is 0.612. The van der Waals surface area contributed by atoms with E-state index in [1.807, 2.05) is 4.90 Å². The Morgan fingerprint density at radius 3 is 2.72 bits per heavy atom. The molecule has 4 heteroatoms. The van der Waals surface area contributed by atoms with Gasteiger partial charge in [-0.05, 0) is 25.8 Å². The number of carbonyl (C=O) groups is 1. The van der Waals surface area contributed by atoms with Crippen molar-refractivity contribution in [3.05, 3.63) is 0 Å². The molecule has 1 heterocycles. The predicted molar refractivity (Wildman–Crippen MR) is 73.5 cm³/mol. The zero-order valence-electron chi connectivity index (χ0n) is 11.8. The molecule has 1 aliphatic heterocycles. The van der Waals surface area contributed by atoms with Crippen molar-refractivity contribution < 1.29 is 4.79 Å². The van der Waals surface area contributed by atoms with Crippen LogP contribution in [0.4, 0.5) is 0 Å². The van der Waals surface area contributed by atoms with Gasteiger partial charge in [0.1, 0.15) is 0 Å². The molecule has 2 rings (SSSR count). The molecule has 2 atom stereocenters. The summed E-state index contributed by atoms with van der Waals surface area (Å²) < 4.78 is 0. The van der Waals surface area contributed by atoms with Gasteiger partial charge in [0.05, 0.1) is 6.54 Å². The summed E-state index contributed by atoms with van der Waals surface area (Å²) in [5.74, 6) is 1.12. The molecule has 18 heavy (non-hydrogen) atoms. The standard InChI is InChI=1S/C14H27N3O/c1-12-4-3-5-13(10-12)16(2)11-14(18)17-8-6-15-7-9-17/h12-13,15H,3-11H2,1-2H3. The van der Waals surface area contributed by atoms with Crippen LogP contribution in [0.3, 0.4) is 0 Å². The van der Waals surface area contributed by atoms with E-state index in [1.165, 1.54) is 25.7 Å². The average Bonchev–Trinajstić information content (AvgIpc) is 2.39. The van der Waals surface area contributed by atoms with E-state index in [-0.39, 0.29) is 0 Å². The van der Waals surface area contributed by atoms with Crippen molar-refractivity contribution in [2.45, 2.75) is 38.6 Å². The second kappa shape index (κ2) is 6.53. The first-order chi connectivity index (χ1) is 8.66. The molecule has 2 aliphatic rings. The van der Waals surface area contributed by atoms with Crippen LogP contribution < -0.4 is 5.32 Å². The molecule has 0 radical (unpaired) electrons. The van der Waals surface area contributed by atoms with Crippen LogP contribution in [0.1, 0.15) is 32.6 Å². The number of hydrogen-bond donors (Lipinski definition) is 1. The molecule has 2 fully saturated rings. The molecule has 1 aliphatic carbocycles. The van der Waals surface area contributed by atoms with E-state index in [9.17, 15) is 4.79 Å². The van der Waals surface area contributed by atoms with Crippen molar-refractivity contribution in [3.63, 3.8) is 0 Å². The number of nitrogens with zero attached hydrogens (tertiary/aromatic N) is 2. The maximum atomic E-state index is 12.2. The second-order valence-corrected chi connectivity index (χ2v) is 5.97. The fourth-order valence-electron chi connectivity index (χ4n) is 3.16. The molecule has 1 amide bonds. The smallest absolute Gasteiger partial charge is 0.236 e. The maximum Gasteiger partial charge on any atom is 0.236 e. The molecule has 1 N–H and O–H groups in total. The summed E-state index contributed by atoms with van der Waals surface area (Å²) in [5, 5.41) is 3.28. The van der Waals surface area contributed by atoms with Crippen LogP contribution >= 0.6 is 0 Å². The Balaban J connectivity index is 1.78. The van der Waals surface area contributed by atoms with Gasteiger partial charge in [-0.25, -0.2) is 0 Å². The molecule has 0 aromatic heterocycles. The van der Waals surface area contributed by atoms with Gasteiger partial charge in [0.2, 0.25) is 5.91 Å². The third-order valence-corrected chi connectivity index (χ3v) is 4.39. The van der Waals surface area contributed by atoms with Gasteiger partial charge < -0.3 is 10.2 Å². The van der Waals surface area contributed by atoms with Gasteiger partial charge in [0, 0.05) is 32.2 Å². The largest absolute Gasteiger partial charge is 0.339 e. The van der Waals surface area contributed by atoms with E-state index < -0.39 is 0 Å². The molecular weight excluding hydrogens is 226 g/mol. The summed E-state index contributed by atoms with van der Waals surface area (Å²) in [7, 11) is 2.11. The van der Waals surface area contributed by atoms with Gasteiger partial charge >= 0.3 is 0 Å². The van der Waals surface area contributed by atoms with Crippen LogP contribution in [0.15, 0.2) is 0 Å². The normalized spacial score (nSPS) is 29.6. The van der Waals surface area contributed by atoms with Crippen molar-refractivity contribution in [1.82, 2.24) is 15.1 Å². The quantitative estimate of drug-likeness (QED) is 0.813. The number of hydrogen-bond acceptors (Lipinski definition) is 3. The van der Waals surface area contributed by atoms with Crippen LogP contribution in [0.5, 0.6) is 0 Å². The van der Waals surface area contributed by atoms with E-state index in [0.29, 0.717) is 18.5 Å². The van der Waals surface area contributed by atoms with Gasteiger partial charge in [-0.1, -0.05) is 19.8 Å². The van der Waals surface area contributed by atoms with Crippen molar-refractivity contribution in [1.29, 1.82) is 0 Å². The zero-order chi connectivity index (χ0) is 13.0. The van der Waals surface area contributed by atoms with E-state index in [1.54, 1.807) is 0 Å². The molecule has 0 spiro atoms. The number of nitrogens with one attached hydrogen (secondary N) is 1. The Morgan fingerprint density at radius 2 is 2.06 bits per heavy atom. The third-order valence-electron chi connectivity index (χ3n) is 4.39. The molecule has 0 aromatic carbocycles. The lowest BCUT2D eigenvalue weighted by molar-refractivity contribution is -0.133. The number of likely N-dealkylation sites (N-methyl/N-ethyl adjacent to an activating group) is 1. The summed E-state index contributed by atoms with van der Waals surface area (Å²) in [5.41, 5.74) is 0. The lowest BCUT2D eigenvalue weighted by Crippen LogP contribution is -2.50. The van der Waals surface area contributed by atoms with E-state index in [0.717, 1.165) is 32.1 Å². The Labute approximate surface area is 111 Å². The van der Waals surface area contributed by atoms with Crippen molar-refractivity contribution in [2.24, 2.45) is 5.92 Å². The first kappa shape index (κ1) is 13.8. The predicted octanol–water partition coefficient (Wildman–Crippen LogP) is 0.929. The molecule has 104 valence electrons. The first-order valence-corrected chi connectivity index (χ1v) is 7.35. The fraction of sp³-hybridized carbons (Fsp3) is 0.929. The zero-order valence-corrected chi connectivity index (χ0v) is 11.8. The minimum Gasteiger partial charge on any atom is -0.339 e. The molecule has 0 bridgehead atoms. The summed E-state index contributed by atoms with van der Waals surface area (Å²) in [6.07, 6.45) is 5.19. The number of amides is 1. The van der Waals surface area contributed by atoms with Crippen molar-refractivity contribution >= 4 is 5.91 Å². The maximum absolute atomic E-state index is 12.2. The monoisotopic (exact) mass is 253 g/mol. The molecule has 1 saturated carbocycles. The molecular formula is C14H27N3O. The van der Waals surface area contributed by atoms with E-state index in [2.05, 4.69) is 24.2 Å². The highest BCUT2D eigenvalue weighted by Crippen LogP contribution is 2.26. The highest BCUT2D eigenvalue weighted by atomic mass is 16.2. The highest BCUT2D eigenvalue weighted by Gasteiger charge is 2.25. The summed E-state index contributed by atoms with van der Waals surface area (Å²) in [6.45, 7) is 6.54. The van der Waals surface area contributed by atoms with E-state index in [4.69, 9.17) is 0 Å². The fourth-order valence-corrected chi connectivity index (χ4v) is 3.16. The summed E-state index contributed by atoms with van der Waals surface area (Å²) >= 11 is 0. The lowest BCUT2D eigenvalue weighted by Gasteiger charge is -2.35. The minimum absolute atomic E-state index is 0.303. The van der Waals surface area contributed by atoms with Gasteiger partial charge in [0.15, 0.2) is 0 Å². The summed E-state index contributed by atoms with van der Waals surface area (Å²) in [4.78, 5) is 16.5. The van der Waals surface area contributed by atoms with Crippen LogP contribution in [0.2, 0.25) is 0 Å². The Morgan fingerprint density at radius 1 is 1.33 bits per heavy atom. The van der Waals surface area contributed by atoms with Crippen molar-refractivity contribution in [2.75, 3.05) is 39.8 Å². The minimum atomic E-state index is 0.303. The third kappa shape index (κ3) is 3.69. The molecule has 1 saturated heterocycles. The second-order valence-electron chi connectivity index (χ2n) is 5.97. The van der Waals surface area contributed by atoms with Gasteiger partial charge in [-0.2, -0.15) is 0 Å². The lowest BCUT2D eigenvalue weighted by atomic mass is 9.86. The Kier molecular flexibility index (Phi) is 5.01. The topological polar surface area (TPSA) is 35.6 Å². The van der Waals surface area contributed by atoms with E-state index >= 15 is 0 Å². The van der Waals surface area contributed by atoms with Crippen LogP contribution in [-0.4, -0.2) is 61.5 Å². The number of carbonyl (C=O) groups excluding carboxylic acids is 1. The van der Waals surface area contributed by atoms with Gasteiger partial charge in [-0.3, -0.25) is 9.69 Å². The number of piperazine rings is 1. The van der Waals surface area contributed by atoms with Gasteiger partial charge in [-0.15, -0.1) is 0 Å². The average molecular weight is 253 g/mol. The molecule has 0 aromatic rings.